The Morgan fingerprint density at radius 3 is 2.42 bits per heavy atom. The summed E-state index contributed by atoms with van der Waals surface area (Å²) >= 11 is 0.853. The van der Waals surface area contributed by atoms with Gasteiger partial charge in [0.15, 0.2) is 0 Å². The molecule has 1 heterocycles. The van der Waals surface area contributed by atoms with Crippen molar-refractivity contribution in [1.29, 1.82) is 0 Å². The lowest BCUT2D eigenvalue weighted by molar-refractivity contribution is -0.127. The van der Waals surface area contributed by atoms with E-state index in [2.05, 4.69) is 12.2 Å². The molecule has 132 valence electrons. The minimum absolute atomic E-state index is 0.300. The van der Waals surface area contributed by atoms with Gasteiger partial charge in [-0.25, -0.2) is 0 Å². The fourth-order valence-corrected chi connectivity index (χ4v) is 3.34. The Hall–Kier alpha value is -2.86. The molecule has 1 aliphatic heterocycles. The molecule has 3 rings (SSSR count). The zero-order valence-electron chi connectivity index (χ0n) is 14.3. The summed E-state index contributed by atoms with van der Waals surface area (Å²) in [5, 5.41) is 2.24. The van der Waals surface area contributed by atoms with Crippen molar-refractivity contribution in [1.82, 2.24) is 4.90 Å². The van der Waals surface area contributed by atoms with Gasteiger partial charge in [0, 0.05) is 5.69 Å². The summed E-state index contributed by atoms with van der Waals surface area (Å²) in [7, 11) is 0. The van der Waals surface area contributed by atoms with Gasteiger partial charge in [-0.15, -0.1) is 0 Å². The van der Waals surface area contributed by atoms with Gasteiger partial charge in [-0.2, -0.15) is 0 Å². The number of amides is 3. The number of benzene rings is 2. The smallest absolute Gasteiger partial charge is 0.294 e. The Balaban J connectivity index is 1.68. The first-order valence-corrected chi connectivity index (χ1v) is 9.07. The SMILES string of the molecule is CCc1ccc(/C=C2\SC(=O)N(CC(=O)Nc3ccccc3)C2=O)cc1. The highest BCUT2D eigenvalue weighted by Crippen LogP contribution is 2.32. The second kappa shape index (κ2) is 8.01. The highest BCUT2D eigenvalue weighted by atomic mass is 32.2. The standard InChI is InChI=1S/C20H18N2O3S/c1-2-14-8-10-15(11-9-14)12-17-19(24)22(20(25)26-17)13-18(23)21-16-6-4-3-5-7-16/h3-12H,2,13H2,1H3,(H,21,23)/b17-12-. The van der Waals surface area contributed by atoms with Gasteiger partial charge >= 0.3 is 0 Å². The molecule has 0 bridgehead atoms. The predicted octanol–water partition coefficient (Wildman–Crippen LogP) is 3.92. The van der Waals surface area contributed by atoms with E-state index in [9.17, 15) is 14.4 Å². The topological polar surface area (TPSA) is 66.5 Å². The summed E-state index contributed by atoms with van der Waals surface area (Å²) in [4.78, 5) is 38.0. The second-order valence-corrected chi connectivity index (χ2v) is 6.77. The van der Waals surface area contributed by atoms with Crippen molar-refractivity contribution >= 4 is 40.6 Å². The zero-order valence-corrected chi connectivity index (χ0v) is 15.1. The van der Waals surface area contributed by atoms with Crippen molar-refractivity contribution in [2.24, 2.45) is 0 Å². The zero-order chi connectivity index (χ0) is 18.5. The van der Waals surface area contributed by atoms with Gasteiger partial charge in [0.2, 0.25) is 5.91 Å². The van der Waals surface area contributed by atoms with E-state index in [4.69, 9.17) is 0 Å². The Morgan fingerprint density at radius 2 is 1.77 bits per heavy atom. The Bertz CT molecular complexity index is 860. The molecule has 1 fully saturated rings. The number of thioether (sulfide) groups is 1. The number of carbonyl (C=O) groups excluding carboxylic acids is 3. The van der Waals surface area contributed by atoms with E-state index >= 15 is 0 Å². The van der Waals surface area contributed by atoms with Gasteiger partial charge in [-0.05, 0) is 47.5 Å². The largest absolute Gasteiger partial charge is 0.325 e. The number of carbonyl (C=O) groups is 3. The first-order chi connectivity index (χ1) is 12.6. The first kappa shape index (κ1) is 17.9. The molecule has 5 nitrogen and oxygen atoms in total. The molecule has 1 N–H and O–H groups in total. The normalized spacial score (nSPS) is 15.6. The van der Waals surface area contributed by atoms with Crippen LogP contribution in [-0.2, 0) is 16.0 Å². The Kier molecular flexibility index (Phi) is 5.53. The van der Waals surface area contributed by atoms with Gasteiger partial charge in [0.05, 0.1) is 4.91 Å². The number of anilines is 1. The number of aryl methyl sites for hydroxylation is 1. The van der Waals surface area contributed by atoms with Crippen LogP contribution in [0.3, 0.4) is 0 Å². The Labute approximate surface area is 156 Å². The first-order valence-electron chi connectivity index (χ1n) is 8.26. The number of rotatable bonds is 5. The number of nitrogens with one attached hydrogen (secondary N) is 1. The maximum absolute atomic E-state index is 12.5. The number of para-hydroxylation sites is 1. The van der Waals surface area contributed by atoms with Crippen molar-refractivity contribution in [3.63, 3.8) is 0 Å². The van der Waals surface area contributed by atoms with Crippen LogP contribution in [0.4, 0.5) is 10.5 Å². The van der Waals surface area contributed by atoms with E-state index in [-0.39, 0.29) is 6.54 Å². The van der Waals surface area contributed by atoms with Gasteiger partial charge in [0.25, 0.3) is 11.1 Å². The van der Waals surface area contributed by atoms with E-state index in [0.29, 0.717) is 10.6 Å². The summed E-state index contributed by atoms with van der Waals surface area (Å²) in [6.07, 6.45) is 2.62. The highest BCUT2D eigenvalue weighted by Gasteiger charge is 2.36. The molecule has 3 amide bonds. The number of nitrogens with zero attached hydrogens (tertiary/aromatic N) is 1. The number of imide groups is 1. The molecule has 2 aromatic rings. The van der Waals surface area contributed by atoms with Crippen molar-refractivity contribution in [3.05, 3.63) is 70.6 Å². The lowest BCUT2D eigenvalue weighted by Gasteiger charge is -2.12. The van der Waals surface area contributed by atoms with Gasteiger partial charge < -0.3 is 5.32 Å². The summed E-state index contributed by atoms with van der Waals surface area (Å²) < 4.78 is 0. The van der Waals surface area contributed by atoms with Crippen molar-refractivity contribution < 1.29 is 14.4 Å². The van der Waals surface area contributed by atoms with Crippen LogP contribution < -0.4 is 5.32 Å². The molecule has 1 saturated heterocycles. The monoisotopic (exact) mass is 366 g/mol. The fourth-order valence-electron chi connectivity index (χ4n) is 2.50. The third kappa shape index (κ3) is 4.21. The highest BCUT2D eigenvalue weighted by molar-refractivity contribution is 8.18. The van der Waals surface area contributed by atoms with Gasteiger partial charge in [-0.3, -0.25) is 19.3 Å². The lowest BCUT2D eigenvalue weighted by Crippen LogP contribution is -2.36. The minimum atomic E-state index is -0.442. The van der Waals surface area contributed by atoms with Crippen LogP contribution >= 0.6 is 11.8 Å². The van der Waals surface area contributed by atoms with E-state index in [1.165, 1.54) is 5.56 Å². The molecule has 0 saturated carbocycles. The number of hydrogen-bond acceptors (Lipinski definition) is 4. The fraction of sp³-hybridized carbons (Fsp3) is 0.150. The summed E-state index contributed by atoms with van der Waals surface area (Å²) in [6, 6.07) is 16.7. The van der Waals surface area contributed by atoms with Crippen molar-refractivity contribution in [2.45, 2.75) is 13.3 Å². The molecule has 0 aromatic heterocycles. The average Bonchev–Trinajstić information content (AvgIpc) is 2.90. The van der Waals surface area contributed by atoms with Gasteiger partial charge in [0.1, 0.15) is 6.54 Å². The molecule has 2 aromatic carbocycles. The Morgan fingerprint density at radius 1 is 1.08 bits per heavy atom. The molecule has 0 atom stereocenters. The third-order valence-electron chi connectivity index (χ3n) is 3.92. The predicted molar refractivity (Wildman–Crippen MR) is 104 cm³/mol. The van der Waals surface area contributed by atoms with Crippen LogP contribution in [0.1, 0.15) is 18.1 Å². The van der Waals surface area contributed by atoms with E-state index in [1.54, 1.807) is 30.3 Å². The van der Waals surface area contributed by atoms with E-state index in [0.717, 1.165) is 28.6 Å². The van der Waals surface area contributed by atoms with Crippen LogP contribution in [0.2, 0.25) is 0 Å². The molecule has 0 spiro atoms. The van der Waals surface area contributed by atoms with Crippen LogP contribution in [-0.4, -0.2) is 28.5 Å². The number of hydrogen-bond donors (Lipinski definition) is 1. The molecule has 0 unspecified atom stereocenters. The lowest BCUT2D eigenvalue weighted by atomic mass is 10.1. The molecular weight excluding hydrogens is 348 g/mol. The molecule has 6 heteroatoms. The molecule has 1 aliphatic rings. The van der Waals surface area contributed by atoms with E-state index in [1.807, 2.05) is 30.3 Å². The minimum Gasteiger partial charge on any atom is -0.325 e. The van der Waals surface area contributed by atoms with Crippen molar-refractivity contribution in [2.75, 3.05) is 11.9 Å². The molecule has 0 aliphatic carbocycles. The molecular formula is C20H18N2O3S. The molecule has 26 heavy (non-hydrogen) atoms. The third-order valence-corrected chi connectivity index (χ3v) is 4.83. The maximum Gasteiger partial charge on any atom is 0.294 e. The molecule has 0 radical (unpaired) electrons. The van der Waals surface area contributed by atoms with Crippen LogP contribution in [0.15, 0.2) is 59.5 Å². The maximum atomic E-state index is 12.5. The summed E-state index contributed by atoms with van der Waals surface area (Å²) in [5.41, 5.74) is 2.67. The average molecular weight is 366 g/mol. The van der Waals surface area contributed by atoms with Gasteiger partial charge in [-0.1, -0.05) is 49.4 Å². The van der Waals surface area contributed by atoms with Crippen LogP contribution in [0.5, 0.6) is 0 Å². The summed E-state index contributed by atoms with van der Waals surface area (Å²) in [5.74, 6) is -0.852. The van der Waals surface area contributed by atoms with Crippen LogP contribution in [0.25, 0.3) is 6.08 Å². The second-order valence-electron chi connectivity index (χ2n) is 5.78. The quantitative estimate of drug-likeness (QED) is 0.815. The van der Waals surface area contributed by atoms with Crippen LogP contribution in [0, 0.1) is 0 Å². The van der Waals surface area contributed by atoms with E-state index < -0.39 is 17.1 Å². The van der Waals surface area contributed by atoms with Crippen molar-refractivity contribution in [3.8, 4) is 0 Å². The summed E-state index contributed by atoms with van der Waals surface area (Å²) in [6.45, 7) is 1.77.